The van der Waals surface area contributed by atoms with E-state index in [4.69, 9.17) is 0 Å². The molecule has 1 aliphatic heterocycles. The molecule has 18 heavy (non-hydrogen) atoms. The Kier molecular flexibility index (Phi) is 3.10. The van der Waals surface area contributed by atoms with E-state index in [-0.39, 0.29) is 0 Å². The van der Waals surface area contributed by atoms with Gasteiger partial charge in [-0.3, -0.25) is 15.0 Å². The maximum Gasteiger partial charge on any atom is 0.323 e. The first-order chi connectivity index (χ1) is 8.61. The van der Waals surface area contributed by atoms with Crippen LogP contribution in [0.2, 0.25) is 0 Å². The Morgan fingerprint density at radius 3 is 2.67 bits per heavy atom. The predicted molar refractivity (Wildman–Crippen MR) is 69.6 cm³/mol. The summed E-state index contributed by atoms with van der Waals surface area (Å²) in [6, 6.07) is 1.58. The highest BCUT2D eigenvalue weighted by atomic mass is 16.4. The summed E-state index contributed by atoms with van der Waals surface area (Å²) in [5, 5.41) is 13.0. The van der Waals surface area contributed by atoms with E-state index in [1.807, 2.05) is 0 Å². The number of likely N-dealkylation sites (tertiary alicyclic amines) is 1. The second kappa shape index (κ2) is 4.49. The fourth-order valence-corrected chi connectivity index (χ4v) is 3.81. The largest absolute Gasteiger partial charge is 0.480 e. The van der Waals surface area contributed by atoms with E-state index in [1.165, 1.54) is 12.8 Å². The molecule has 0 aromatic heterocycles. The van der Waals surface area contributed by atoms with Crippen molar-refractivity contribution in [2.75, 3.05) is 6.54 Å². The highest BCUT2D eigenvalue weighted by Crippen LogP contribution is 2.38. The number of rotatable bonds is 4. The van der Waals surface area contributed by atoms with Crippen LogP contribution >= 0.6 is 0 Å². The molecule has 3 rings (SSSR count). The second-order valence-electron chi connectivity index (χ2n) is 6.43. The smallest absolute Gasteiger partial charge is 0.323 e. The minimum Gasteiger partial charge on any atom is -0.480 e. The molecule has 2 aliphatic carbocycles. The van der Waals surface area contributed by atoms with Crippen LogP contribution in [0.5, 0.6) is 0 Å². The minimum absolute atomic E-state index is 0.468. The monoisotopic (exact) mass is 252 g/mol. The number of carboxylic acid groups (broad SMARTS) is 1. The molecule has 3 fully saturated rings. The van der Waals surface area contributed by atoms with Crippen molar-refractivity contribution in [2.24, 2.45) is 0 Å². The highest BCUT2D eigenvalue weighted by Gasteiger charge is 2.50. The van der Waals surface area contributed by atoms with Gasteiger partial charge in [0.25, 0.3) is 0 Å². The Morgan fingerprint density at radius 1 is 1.33 bits per heavy atom. The number of nitrogens with one attached hydrogen (secondary N) is 1. The van der Waals surface area contributed by atoms with Gasteiger partial charge in [-0.15, -0.1) is 0 Å². The Hall–Kier alpha value is -0.610. The van der Waals surface area contributed by atoms with Crippen LogP contribution < -0.4 is 5.32 Å². The van der Waals surface area contributed by atoms with Gasteiger partial charge in [-0.2, -0.15) is 0 Å². The van der Waals surface area contributed by atoms with Crippen molar-refractivity contribution in [3.8, 4) is 0 Å². The molecule has 1 saturated heterocycles. The van der Waals surface area contributed by atoms with Gasteiger partial charge in [-0.1, -0.05) is 0 Å². The van der Waals surface area contributed by atoms with Gasteiger partial charge in [-0.05, 0) is 58.4 Å². The first-order valence-corrected chi connectivity index (χ1v) is 7.37. The first-order valence-electron chi connectivity index (χ1n) is 7.37. The van der Waals surface area contributed by atoms with E-state index in [9.17, 15) is 9.90 Å². The quantitative estimate of drug-likeness (QED) is 0.798. The number of nitrogens with zero attached hydrogens (tertiary/aromatic N) is 1. The molecule has 0 radical (unpaired) electrons. The number of aliphatic carboxylic acids is 1. The minimum atomic E-state index is -0.635. The summed E-state index contributed by atoms with van der Waals surface area (Å²) >= 11 is 0. The van der Waals surface area contributed by atoms with E-state index >= 15 is 0 Å². The van der Waals surface area contributed by atoms with Crippen LogP contribution in [0.25, 0.3) is 0 Å². The molecular weight excluding hydrogens is 228 g/mol. The lowest BCUT2D eigenvalue weighted by atomic mass is 9.97. The molecule has 0 spiro atoms. The molecule has 3 unspecified atom stereocenters. The van der Waals surface area contributed by atoms with Crippen molar-refractivity contribution >= 4 is 5.97 Å². The maximum absolute atomic E-state index is 11.6. The third-order valence-corrected chi connectivity index (χ3v) is 5.03. The van der Waals surface area contributed by atoms with Gasteiger partial charge in [0.1, 0.15) is 5.54 Å². The molecule has 2 N–H and O–H groups in total. The van der Waals surface area contributed by atoms with Gasteiger partial charge >= 0.3 is 5.97 Å². The van der Waals surface area contributed by atoms with Gasteiger partial charge < -0.3 is 5.11 Å². The molecule has 1 heterocycles. The summed E-state index contributed by atoms with van der Waals surface area (Å²) in [6.45, 7) is 3.44. The number of carboxylic acids is 1. The lowest BCUT2D eigenvalue weighted by molar-refractivity contribution is -0.145. The Morgan fingerprint density at radius 2 is 2.11 bits per heavy atom. The van der Waals surface area contributed by atoms with Gasteiger partial charge in [0.2, 0.25) is 0 Å². The molecule has 4 nitrogen and oxygen atoms in total. The Bertz CT molecular complexity index is 343. The molecule has 0 aromatic carbocycles. The van der Waals surface area contributed by atoms with Crippen LogP contribution in [0.3, 0.4) is 0 Å². The van der Waals surface area contributed by atoms with Crippen molar-refractivity contribution < 1.29 is 9.90 Å². The van der Waals surface area contributed by atoms with Gasteiger partial charge in [0, 0.05) is 18.1 Å². The van der Waals surface area contributed by atoms with E-state index in [1.54, 1.807) is 0 Å². The third kappa shape index (κ3) is 2.16. The molecule has 102 valence electrons. The van der Waals surface area contributed by atoms with Gasteiger partial charge in [0.15, 0.2) is 0 Å². The molecule has 3 aliphatic rings. The summed E-state index contributed by atoms with van der Waals surface area (Å²) in [5.74, 6) is -0.635. The molecule has 0 amide bonds. The summed E-state index contributed by atoms with van der Waals surface area (Å²) in [5.41, 5.74) is -0.631. The van der Waals surface area contributed by atoms with Crippen molar-refractivity contribution in [1.82, 2.24) is 10.2 Å². The molecule has 0 aromatic rings. The molecular formula is C14H24N2O2. The summed E-state index contributed by atoms with van der Waals surface area (Å²) in [7, 11) is 0. The lowest BCUT2D eigenvalue weighted by Gasteiger charge is -2.31. The van der Waals surface area contributed by atoms with E-state index < -0.39 is 11.5 Å². The van der Waals surface area contributed by atoms with Gasteiger partial charge in [-0.25, -0.2) is 0 Å². The fraction of sp³-hybridized carbons (Fsp3) is 0.929. The number of hydrogen-bond acceptors (Lipinski definition) is 3. The molecule has 3 atom stereocenters. The van der Waals surface area contributed by atoms with Crippen molar-refractivity contribution in [1.29, 1.82) is 0 Å². The zero-order chi connectivity index (χ0) is 12.8. The fourth-order valence-electron chi connectivity index (χ4n) is 3.81. The maximum atomic E-state index is 11.6. The second-order valence-corrected chi connectivity index (χ2v) is 6.43. The van der Waals surface area contributed by atoms with Crippen LogP contribution in [-0.4, -0.2) is 46.2 Å². The van der Waals surface area contributed by atoms with Crippen molar-refractivity contribution in [3.63, 3.8) is 0 Å². The summed E-state index contributed by atoms with van der Waals surface area (Å²) < 4.78 is 0. The third-order valence-electron chi connectivity index (χ3n) is 5.03. The van der Waals surface area contributed by atoms with Crippen molar-refractivity contribution in [3.05, 3.63) is 0 Å². The van der Waals surface area contributed by atoms with Crippen LogP contribution in [0.1, 0.15) is 51.9 Å². The summed E-state index contributed by atoms with van der Waals surface area (Å²) in [4.78, 5) is 14.2. The zero-order valence-electron chi connectivity index (χ0n) is 11.2. The predicted octanol–water partition coefficient (Wildman–Crippen LogP) is 1.60. The van der Waals surface area contributed by atoms with E-state index in [2.05, 4.69) is 17.1 Å². The normalized spacial score (nSPS) is 41.4. The standard InChI is InChI=1S/C14H24N2O2/c1-10-3-2-8-16(10)12-6-7-14(9-12,13(17)18)15-11-4-5-11/h10-12,15H,2-9H2,1H3,(H,17,18). The molecule has 4 heteroatoms. The van der Waals surface area contributed by atoms with Crippen LogP contribution in [0.15, 0.2) is 0 Å². The average Bonchev–Trinajstić information content (AvgIpc) is 2.85. The van der Waals surface area contributed by atoms with E-state index in [0.29, 0.717) is 18.1 Å². The topological polar surface area (TPSA) is 52.6 Å². The Balaban J connectivity index is 1.68. The Labute approximate surface area is 109 Å². The molecule has 0 bridgehead atoms. The van der Waals surface area contributed by atoms with Crippen molar-refractivity contribution in [2.45, 2.75) is 75.5 Å². The first kappa shape index (κ1) is 12.4. The summed E-state index contributed by atoms with van der Waals surface area (Å²) in [6.07, 6.45) is 7.48. The lowest BCUT2D eigenvalue weighted by Crippen LogP contribution is -2.52. The zero-order valence-corrected chi connectivity index (χ0v) is 11.2. The van der Waals surface area contributed by atoms with Crippen LogP contribution in [0, 0.1) is 0 Å². The highest BCUT2D eigenvalue weighted by molar-refractivity contribution is 5.79. The van der Waals surface area contributed by atoms with Crippen LogP contribution in [-0.2, 0) is 4.79 Å². The SMILES string of the molecule is CC1CCCN1C1CCC(NC2CC2)(C(=O)O)C1. The molecule has 2 saturated carbocycles. The number of carbonyl (C=O) groups is 1. The average molecular weight is 252 g/mol. The van der Waals surface area contributed by atoms with Gasteiger partial charge in [0.05, 0.1) is 0 Å². The van der Waals surface area contributed by atoms with Crippen LogP contribution in [0.4, 0.5) is 0 Å². The number of hydrogen-bond donors (Lipinski definition) is 2. The van der Waals surface area contributed by atoms with E-state index in [0.717, 1.165) is 38.6 Å².